The number of ketones is 3. The van der Waals surface area contributed by atoms with E-state index in [0.29, 0.717) is 38.5 Å². The fourth-order valence-corrected chi connectivity index (χ4v) is 18.7. The number of nitrogens with zero attached hydrogens (tertiary/aromatic N) is 1. The van der Waals surface area contributed by atoms with Crippen LogP contribution in [0.4, 0.5) is 4.39 Å². The number of esters is 1. The predicted octanol–water partition coefficient (Wildman–Crippen LogP) is 13.2. The van der Waals surface area contributed by atoms with Crippen molar-refractivity contribution in [1.82, 2.24) is 4.90 Å². The zero-order valence-electron chi connectivity index (χ0n) is 51.7. The molecule has 3 aliphatic heterocycles. The largest absolute Gasteiger partial charge is 0.460 e. The van der Waals surface area contributed by atoms with Gasteiger partial charge in [-0.1, -0.05) is 113 Å². The molecule has 3 heterocycles. The third-order valence-corrected chi connectivity index (χ3v) is 28.3. The lowest BCUT2D eigenvalue weighted by Crippen LogP contribution is -2.59. The van der Waals surface area contributed by atoms with Crippen molar-refractivity contribution < 1.29 is 60.9 Å². The number of Topliss-reactive ketones (excluding diaryl/α,β-unsaturated/α-hetero) is 3. The summed E-state index contributed by atoms with van der Waals surface area (Å²) < 4.78 is 62.2. The Kier molecular flexibility index (Phi) is 27.9. The van der Waals surface area contributed by atoms with E-state index in [0.717, 1.165) is 66.7 Å². The van der Waals surface area contributed by atoms with Crippen LogP contribution < -0.4 is 0 Å². The minimum absolute atomic E-state index is 0.00157. The summed E-state index contributed by atoms with van der Waals surface area (Å²) in [6, 6.07) is 4.49. The Hall–Kier alpha value is -2.97. The molecule has 0 aromatic rings. The minimum Gasteiger partial charge on any atom is -0.460 e. The summed E-state index contributed by atoms with van der Waals surface area (Å²) in [5.74, 6) is -8.35. The monoisotopic (exact) mass is 1140 g/mol. The summed E-state index contributed by atoms with van der Waals surface area (Å²) in [7, 11) is 0.603. The van der Waals surface area contributed by atoms with Crippen molar-refractivity contribution in [3.8, 4) is 0 Å². The molecule has 4 rings (SSSR count). The number of cyclic esters (lactones) is 1. The molecular weight excluding hydrogens is 1040 g/mol. The Labute approximate surface area is 478 Å². The van der Waals surface area contributed by atoms with Gasteiger partial charge < -0.3 is 37.4 Å². The first-order valence-corrected chi connectivity index (χ1v) is 35.7. The van der Waals surface area contributed by atoms with Gasteiger partial charge in [-0.2, -0.15) is 0 Å². The average molecular weight is 1140 g/mol. The number of carbonyl (C=O) groups excluding carboxylic acids is 5. The van der Waals surface area contributed by atoms with Crippen LogP contribution in [-0.2, 0) is 56.5 Å². The molecule has 13 nitrogen and oxygen atoms in total. The molecule has 16 heteroatoms. The summed E-state index contributed by atoms with van der Waals surface area (Å²) in [5.41, 5.74) is 1.59. The lowest BCUT2D eigenvalue weighted by molar-refractivity contribution is -0.231. The highest BCUT2D eigenvalue weighted by Gasteiger charge is 2.55. The Morgan fingerprint density at radius 3 is 1.97 bits per heavy atom. The first-order valence-electron chi connectivity index (χ1n) is 30.6. The molecule has 4 aliphatic rings. The number of ether oxygens (including phenoxy) is 5. The van der Waals surface area contributed by atoms with Crippen LogP contribution in [0.2, 0.25) is 36.3 Å². The van der Waals surface area contributed by atoms with Crippen LogP contribution in [0.1, 0.15) is 167 Å². The molecule has 0 radical (unpaired) electrons. The van der Waals surface area contributed by atoms with Gasteiger partial charge in [0.2, 0.25) is 0 Å². The van der Waals surface area contributed by atoms with Gasteiger partial charge in [-0.25, -0.2) is 9.18 Å². The number of hydrogen-bond donors (Lipinski definition) is 0. The van der Waals surface area contributed by atoms with E-state index in [1.165, 1.54) is 4.90 Å². The third-order valence-electron chi connectivity index (χ3n) is 19.0. The molecule has 0 aromatic carbocycles. The van der Waals surface area contributed by atoms with Crippen LogP contribution in [0.5, 0.6) is 0 Å². The molecule has 0 spiro atoms. The highest BCUT2D eigenvalue weighted by molar-refractivity contribution is 6.74. The quantitative estimate of drug-likeness (QED) is 0.0625. The molecule has 0 unspecified atom stereocenters. The second kappa shape index (κ2) is 32.2. The number of allylic oxidation sites excluding steroid dienone is 6. The summed E-state index contributed by atoms with van der Waals surface area (Å²) in [4.78, 5) is 74.3. The second-order valence-electron chi connectivity index (χ2n) is 24.2. The number of piperidine rings is 1. The van der Waals surface area contributed by atoms with Gasteiger partial charge in [-0.3, -0.25) is 19.2 Å². The highest BCUT2D eigenvalue weighted by Crippen LogP contribution is 2.41. The Balaban J connectivity index is 1.80. The van der Waals surface area contributed by atoms with Crippen molar-refractivity contribution in [3.05, 3.63) is 47.6 Å². The second-order valence-corrected chi connectivity index (χ2v) is 33.7. The smallest absolute Gasteiger partial charge is 0.329 e. The molecule has 2 saturated heterocycles. The highest BCUT2D eigenvalue weighted by atomic mass is 28.4. The number of rotatable bonds is 16. The Morgan fingerprint density at radius 2 is 1.37 bits per heavy atom. The van der Waals surface area contributed by atoms with Crippen molar-refractivity contribution in [1.29, 1.82) is 0 Å². The van der Waals surface area contributed by atoms with E-state index in [1.54, 1.807) is 28.3 Å². The first kappa shape index (κ1) is 68.5. The van der Waals surface area contributed by atoms with Crippen LogP contribution in [0.25, 0.3) is 0 Å². The van der Waals surface area contributed by atoms with Gasteiger partial charge in [-0.05, 0) is 143 Å². The summed E-state index contributed by atoms with van der Waals surface area (Å²) in [6.45, 7) is 26.5. The molecular formula is C63H106FNO12Si2. The number of carbonyl (C=O) groups is 5. The summed E-state index contributed by atoms with van der Waals surface area (Å²) >= 11 is 0. The number of methoxy groups -OCH3 is 3. The molecule has 0 N–H and O–H groups in total. The van der Waals surface area contributed by atoms with E-state index in [4.69, 9.17) is 32.5 Å². The summed E-state index contributed by atoms with van der Waals surface area (Å²) in [6.07, 6.45) is 13.7. The normalized spacial score (nSPS) is 35.8. The van der Waals surface area contributed by atoms with Crippen LogP contribution in [-0.4, -0.2) is 133 Å². The molecule has 450 valence electrons. The maximum Gasteiger partial charge on any atom is 0.329 e. The molecule has 3 fully saturated rings. The maximum atomic E-state index is 17.3. The molecule has 1 amide bonds. The topological polar surface area (TPSA) is 153 Å². The number of hydrogen-bond acceptors (Lipinski definition) is 12. The van der Waals surface area contributed by atoms with Gasteiger partial charge in [0.15, 0.2) is 22.4 Å². The van der Waals surface area contributed by atoms with E-state index in [2.05, 4.69) is 54.5 Å². The molecule has 2 bridgehead atoms. The molecule has 1 aliphatic carbocycles. The number of alkyl halides is 1. The fraction of sp³-hybridized carbons (Fsp3) is 0.794. The third kappa shape index (κ3) is 18.0. The van der Waals surface area contributed by atoms with E-state index >= 15 is 4.39 Å². The van der Waals surface area contributed by atoms with Crippen LogP contribution in [0.15, 0.2) is 47.6 Å². The van der Waals surface area contributed by atoms with E-state index < -0.39 is 88.5 Å². The van der Waals surface area contributed by atoms with Gasteiger partial charge >= 0.3 is 5.97 Å². The van der Waals surface area contributed by atoms with Gasteiger partial charge in [-0.15, -0.1) is 0 Å². The van der Waals surface area contributed by atoms with Crippen molar-refractivity contribution >= 4 is 45.9 Å². The van der Waals surface area contributed by atoms with Crippen molar-refractivity contribution in [3.63, 3.8) is 0 Å². The molecule has 15 atom stereocenters. The SMILES string of the molecule is CC[Si](CC)(CC)O[C@@H]1/C(C)=C/[C@@H](C)C(=O)C[C@@H]([C@H](C)C[C@@H]2CC[C@@H](O[Si](CC)(CC)CC)[C@H](OC)C2)OC(=O)[C@@H]2CCCCN2C(=O)C(=O)[C@]2(F)O[C@@H](CC[C@H]2C)C[C@H](OC)/C(C)=C/C=C/C=C/[C@@H](C)C[C@@H](C)C(=O)[C@@H]1OC. The number of halogens is 1. The van der Waals surface area contributed by atoms with E-state index in [-0.39, 0.29) is 73.3 Å². The Bertz CT molecular complexity index is 2090. The van der Waals surface area contributed by atoms with Crippen LogP contribution in [0.3, 0.4) is 0 Å². The molecule has 0 aromatic heterocycles. The van der Waals surface area contributed by atoms with Crippen molar-refractivity contribution in [2.45, 2.75) is 258 Å². The standard InChI is InChI=1S/C63H106FNO12Si2/c1-17-78(18-2,19-3)76-53-34-32-49(39-56(53)72-15)38-45(10)55-41-52(66)44(9)37-47(12)58(77-79(20-4,21-5)22-6)59(73-16)57(67)46(11)36-42(7)28-24-23-25-29-43(8)54(71-14)40-50-33-31-48(13)63(64,75-50)60(68)61(69)65-35-27-26-30-51(65)62(70)74-55/h23-25,28-29,37,42,44-46,48-51,53-56,58-59H,17-22,26-27,30-36,38-41H2,1-16H3/b25-23+,28-24+,43-29+,47-37+/t42-,44-,45-,46-,48-,49+,50+,51+,53-,54+,55+,56-,58-,59+,63-/m1/s1. The van der Waals surface area contributed by atoms with Crippen LogP contribution in [0, 0.1) is 35.5 Å². The lowest BCUT2D eigenvalue weighted by Gasteiger charge is -2.42. The molecule has 1 saturated carbocycles. The zero-order chi connectivity index (χ0) is 58.8. The van der Waals surface area contributed by atoms with Gasteiger partial charge in [0.25, 0.3) is 17.5 Å². The lowest BCUT2D eigenvalue weighted by atomic mass is 9.78. The van der Waals surface area contributed by atoms with Gasteiger partial charge in [0.1, 0.15) is 24.0 Å². The molecule has 79 heavy (non-hydrogen) atoms. The number of amides is 1. The summed E-state index contributed by atoms with van der Waals surface area (Å²) in [5, 5.41) is 0. The number of fused-ring (bicyclic) bond motifs is 3. The van der Waals surface area contributed by atoms with Crippen molar-refractivity contribution in [2.75, 3.05) is 27.9 Å². The van der Waals surface area contributed by atoms with Crippen molar-refractivity contribution in [2.24, 2.45) is 35.5 Å². The van der Waals surface area contributed by atoms with Gasteiger partial charge in [0.05, 0.1) is 30.5 Å². The predicted molar refractivity (Wildman–Crippen MR) is 316 cm³/mol. The zero-order valence-corrected chi connectivity index (χ0v) is 53.7. The Morgan fingerprint density at radius 1 is 0.722 bits per heavy atom. The average Bonchev–Trinajstić information content (AvgIpc) is 3.45. The maximum absolute atomic E-state index is 17.3. The first-order chi connectivity index (χ1) is 37.5. The van der Waals surface area contributed by atoms with Gasteiger partial charge in [0, 0.05) is 58.5 Å². The minimum atomic E-state index is -2.92. The fourth-order valence-electron chi connectivity index (χ4n) is 12.9. The van der Waals surface area contributed by atoms with E-state index in [1.807, 2.05) is 65.0 Å². The van der Waals surface area contributed by atoms with Crippen LogP contribution >= 0.6 is 0 Å². The van der Waals surface area contributed by atoms with E-state index in [9.17, 15) is 24.0 Å².